The fourth-order valence-corrected chi connectivity index (χ4v) is 3.20. The minimum atomic E-state index is -0.817. The Labute approximate surface area is 172 Å². The molecule has 0 unspecified atom stereocenters. The van der Waals surface area contributed by atoms with Crippen molar-refractivity contribution in [2.24, 2.45) is 11.5 Å². The number of esters is 1. The molecular formula is C19H24N4O5S. The first-order valence-electron chi connectivity index (χ1n) is 8.85. The van der Waals surface area contributed by atoms with Crippen LogP contribution in [0.15, 0.2) is 24.3 Å². The van der Waals surface area contributed by atoms with Gasteiger partial charge in [-0.15, -0.1) is 11.8 Å². The summed E-state index contributed by atoms with van der Waals surface area (Å²) in [6.07, 6.45) is 0.804. The lowest BCUT2D eigenvalue weighted by atomic mass is 10.0. The SMILES string of the molecule is CCc1ccc(OCCSCC(=O)OC)c(-c2cc(C(N)=O)c(NC(N)=O)[nH]2)c1. The lowest BCUT2D eigenvalue weighted by Crippen LogP contribution is -2.22. The smallest absolute Gasteiger partial charge is 0.317 e. The predicted molar refractivity (Wildman–Crippen MR) is 112 cm³/mol. The maximum Gasteiger partial charge on any atom is 0.317 e. The van der Waals surface area contributed by atoms with Gasteiger partial charge < -0.3 is 25.9 Å². The van der Waals surface area contributed by atoms with Crippen LogP contribution in [0, 0.1) is 0 Å². The molecule has 2 rings (SSSR count). The quantitative estimate of drug-likeness (QED) is 0.342. The number of H-pyrrole nitrogens is 1. The van der Waals surface area contributed by atoms with Crippen LogP contribution in [0.4, 0.5) is 10.6 Å². The summed E-state index contributed by atoms with van der Waals surface area (Å²) in [5.74, 6) is 0.565. The van der Waals surface area contributed by atoms with Crippen molar-refractivity contribution in [1.29, 1.82) is 0 Å². The monoisotopic (exact) mass is 420 g/mol. The third-order valence-electron chi connectivity index (χ3n) is 4.01. The number of hydrogen-bond donors (Lipinski definition) is 4. The number of rotatable bonds is 10. The number of carbonyl (C=O) groups excluding carboxylic acids is 3. The Morgan fingerprint density at radius 1 is 1.21 bits per heavy atom. The van der Waals surface area contributed by atoms with Gasteiger partial charge in [-0.3, -0.25) is 14.9 Å². The summed E-state index contributed by atoms with van der Waals surface area (Å²) < 4.78 is 10.5. The van der Waals surface area contributed by atoms with E-state index in [0.717, 1.165) is 12.0 Å². The maximum atomic E-state index is 11.7. The van der Waals surface area contributed by atoms with Gasteiger partial charge in [-0.05, 0) is 30.2 Å². The van der Waals surface area contributed by atoms with Crippen molar-refractivity contribution < 1.29 is 23.9 Å². The summed E-state index contributed by atoms with van der Waals surface area (Å²) in [7, 11) is 1.35. The molecule has 0 spiro atoms. The molecule has 0 saturated carbocycles. The van der Waals surface area contributed by atoms with Crippen molar-refractivity contribution in [3.8, 4) is 17.0 Å². The molecule has 0 atom stereocenters. The molecule has 0 fully saturated rings. The van der Waals surface area contributed by atoms with Gasteiger partial charge in [0.25, 0.3) is 5.91 Å². The minimum absolute atomic E-state index is 0.111. The molecule has 156 valence electrons. The van der Waals surface area contributed by atoms with Crippen LogP contribution in [0.2, 0.25) is 0 Å². The molecule has 6 N–H and O–H groups in total. The van der Waals surface area contributed by atoms with Crippen molar-refractivity contribution in [3.05, 3.63) is 35.4 Å². The maximum absolute atomic E-state index is 11.7. The zero-order valence-corrected chi connectivity index (χ0v) is 17.1. The summed E-state index contributed by atoms with van der Waals surface area (Å²) in [6.45, 7) is 2.39. The number of primary amides is 2. The second-order valence-electron chi connectivity index (χ2n) is 5.99. The average molecular weight is 420 g/mol. The van der Waals surface area contributed by atoms with Crippen LogP contribution in [-0.2, 0) is 16.0 Å². The van der Waals surface area contributed by atoms with E-state index in [0.29, 0.717) is 29.4 Å². The predicted octanol–water partition coefficient (Wildman–Crippen LogP) is 2.12. The van der Waals surface area contributed by atoms with Gasteiger partial charge in [0, 0.05) is 11.3 Å². The zero-order chi connectivity index (χ0) is 21.4. The number of anilines is 1. The van der Waals surface area contributed by atoms with Crippen molar-refractivity contribution in [2.75, 3.05) is 30.5 Å². The first-order chi connectivity index (χ1) is 13.8. The van der Waals surface area contributed by atoms with Crippen LogP contribution < -0.4 is 21.5 Å². The number of methoxy groups -OCH3 is 1. The highest BCUT2D eigenvalue weighted by Crippen LogP contribution is 2.33. The Kier molecular flexibility index (Phi) is 7.96. The number of ether oxygens (including phenoxy) is 2. The van der Waals surface area contributed by atoms with Crippen LogP contribution in [0.1, 0.15) is 22.8 Å². The van der Waals surface area contributed by atoms with E-state index in [1.807, 2.05) is 25.1 Å². The molecule has 0 aliphatic rings. The van der Waals surface area contributed by atoms with E-state index in [1.165, 1.54) is 18.9 Å². The summed E-state index contributed by atoms with van der Waals surface area (Å²) in [5.41, 5.74) is 13.0. The molecule has 9 nitrogen and oxygen atoms in total. The van der Waals surface area contributed by atoms with E-state index in [1.54, 1.807) is 6.07 Å². The normalized spacial score (nSPS) is 10.4. The van der Waals surface area contributed by atoms with Crippen LogP contribution in [0.5, 0.6) is 5.75 Å². The first-order valence-corrected chi connectivity index (χ1v) is 10.0. The highest BCUT2D eigenvalue weighted by molar-refractivity contribution is 7.99. The third-order valence-corrected chi connectivity index (χ3v) is 4.90. The second-order valence-corrected chi connectivity index (χ2v) is 7.09. The van der Waals surface area contributed by atoms with Crippen LogP contribution in [0.3, 0.4) is 0 Å². The molecular weight excluding hydrogens is 396 g/mol. The van der Waals surface area contributed by atoms with E-state index in [9.17, 15) is 14.4 Å². The Morgan fingerprint density at radius 3 is 2.59 bits per heavy atom. The van der Waals surface area contributed by atoms with E-state index in [2.05, 4.69) is 15.0 Å². The molecule has 0 radical (unpaired) electrons. The van der Waals surface area contributed by atoms with Crippen molar-refractivity contribution >= 4 is 35.5 Å². The summed E-state index contributed by atoms with van der Waals surface area (Å²) in [5, 5.41) is 2.36. The molecule has 3 amide bonds. The molecule has 0 saturated heterocycles. The van der Waals surface area contributed by atoms with Gasteiger partial charge >= 0.3 is 12.0 Å². The summed E-state index contributed by atoms with van der Waals surface area (Å²) in [6, 6.07) is 6.44. The number of hydrogen-bond acceptors (Lipinski definition) is 6. The van der Waals surface area contributed by atoms with Gasteiger partial charge in [0.15, 0.2) is 0 Å². The van der Waals surface area contributed by atoms with Gasteiger partial charge in [0.05, 0.1) is 30.7 Å². The Balaban J connectivity index is 2.25. The highest BCUT2D eigenvalue weighted by Gasteiger charge is 2.18. The summed E-state index contributed by atoms with van der Waals surface area (Å²) >= 11 is 1.40. The van der Waals surface area contributed by atoms with Gasteiger partial charge in [-0.1, -0.05) is 13.0 Å². The number of nitrogens with one attached hydrogen (secondary N) is 2. The standard InChI is InChI=1S/C19H24N4O5S/c1-3-11-4-5-15(28-6-7-29-10-16(24)27-2)12(8-11)14-9-13(17(20)25)18(22-14)23-19(21)26/h4-5,8-9,22H,3,6-7,10H2,1-2H3,(H2,20,25)(H3,21,23,26). The molecule has 29 heavy (non-hydrogen) atoms. The Bertz CT molecular complexity index is 897. The molecule has 10 heteroatoms. The zero-order valence-electron chi connectivity index (χ0n) is 16.2. The molecule has 0 bridgehead atoms. The number of aromatic amines is 1. The molecule has 1 heterocycles. The Morgan fingerprint density at radius 2 is 1.97 bits per heavy atom. The fraction of sp³-hybridized carbons (Fsp3) is 0.316. The lowest BCUT2D eigenvalue weighted by molar-refractivity contribution is -0.137. The minimum Gasteiger partial charge on any atom is -0.492 e. The molecule has 0 aliphatic carbocycles. The van der Waals surface area contributed by atoms with Crippen molar-refractivity contribution in [2.45, 2.75) is 13.3 Å². The third kappa shape index (κ3) is 6.18. The summed E-state index contributed by atoms with van der Waals surface area (Å²) in [4.78, 5) is 37.0. The second kappa shape index (κ2) is 10.4. The highest BCUT2D eigenvalue weighted by atomic mass is 32.2. The number of benzene rings is 1. The van der Waals surface area contributed by atoms with Crippen molar-refractivity contribution in [1.82, 2.24) is 4.98 Å². The number of amides is 3. The lowest BCUT2D eigenvalue weighted by Gasteiger charge is -2.12. The number of aryl methyl sites for hydroxylation is 1. The fourth-order valence-electron chi connectivity index (χ4n) is 2.57. The molecule has 1 aromatic carbocycles. The van der Waals surface area contributed by atoms with Gasteiger partial charge in [0.1, 0.15) is 11.6 Å². The van der Waals surface area contributed by atoms with Gasteiger partial charge in [-0.2, -0.15) is 0 Å². The first kappa shape index (κ1) is 22.2. The van der Waals surface area contributed by atoms with E-state index in [4.69, 9.17) is 16.2 Å². The Hall–Kier alpha value is -3.14. The largest absolute Gasteiger partial charge is 0.492 e. The van der Waals surface area contributed by atoms with Crippen molar-refractivity contribution in [3.63, 3.8) is 0 Å². The van der Waals surface area contributed by atoms with E-state index >= 15 is 0 Å². The molecule has 0 aliphatic heterocycles. The molecule has 2 aromatic rings. The number of nitrogens with two attached hydrogens (primary N) is 2. The number of aromatic nitrogens is 1. The molecule has 1 aromatic heterocycles. The van der Waals surface area contributed by atoms with Crippen LogP contribution in [0.25, 0.3) is 11.3 Å². The number of carbonyl (C=O) groups is 3. The number of urea groups is 1. The average Bonchev–Trinajstić information content (AvgIpc) is 3.10. The number of thioether (sulfide) groups is 1. The van der Waals surface area contributed by atoms with Crippen LogP contribution >= 0.6 is 11.8 Å². The van der Waals surface area contributed by atoms with Crippen LogP contribution in [-0.4, -0.2) is 48.1 Å². The van der Waals surface area contributed by atoms with Gasteiger partial charge in [-0.25, -0.2) is 4.79 Å². The van der Waals surface area contributed by atoms with E-state index < -0.39 is 11.9 Å². The van der Waals surface area contributed by atoms with Gasteiger partial charge in [0.2, 0.25) is 0 Å². The van der Waals surface area contributed by atoms with E-state index in [-0.39, 0.29) is 23.1 Å². The topological polar surface area (TPSA) is 150 Å².